The van der Waals surface area contributed by atoms with Gasteiger partial charge in [0.15, 0.2) is 0 Å². The highest BCUT2D eigenvalue weighted by Gasteiger charge is 2.31. The van der Waals surface area contributed by atoms with Crippen LogP contribution < -0.4 is 5.32 Å². The van der Waals surface area contributed by atoms with Crippen molar-refractivity contribution in [3.8, 4) is 0 Å². The zero-order chi connectivity index (χ0) is 15.4. The summed E-state index contributed by atoms with van der Waals surface area (Å²) in [7, 11) is 0. The van der Waals surface area contributed by atoms with Crippen LogP contribution in [-0.4, -0.2) is 28.2 Å². The molecule has 0 aliphatic heterocycles. The minimum atomic E-state index is -1.00. The molecule has 0 spiro atoms. The number of aromatic nitrogens is 1. The number of aliphatic carboxylic acids is 1. The summed E-state index contributed by atoms with van der Waals surface area (Å²) in [6, 6.07) is 0.759. The number of nitrogens with zero attached hydrogens (tertiary/aromatic N) is 1. The van der Waals surface area contributed by atoms with E-state index in [1.54, 1.807) is 6.07 Å². The van der Waals surface area contributed by atoms with Crippen LogP contribution in [0.2, 0.25) is 0 Å². The Hall–Kier alpha value is -1.85. The van der Waals surface area contributed by atoms with Crippen molar-refractivity contribution >= 4 is 11.9 Å². The first-order chi connectivity index (χ1) is 10.0. The van der Waals surface area contributed by atoms with Crippen LogP contribution in [0.5, 0.6) is 0 Å². The molecule has 0 bridgehead atoms. The van der Waals surface area contributed by atoms with Gasteiger partial charge in [0.1, 0.15) is 6.04 Å². The maximum atomic E-state index is 12.1. The lowest BCUT2D eigenvalue weighted by atomic mass is 9.99. The number of rotatable bonds is 8. The Bertz CT molecular complexity index is 504. The van der Waals surface area contributed by atoms with Crippen molar-refractivity contribution in [2.45, 2.75) is 57.9 Å². The molecule has 6 nitrogen and oxygen atoms in total. The molecule has 1 aromatic heterocycles. The first kappa shape index (κ1) is 15.5. The van der Waals surface area contributed by atoms with E-state index in [0.29, 0.717) is 12.3 Å². The van der Waals surface area contributed by atoms with Gasteiger partial charge in [-0.15, -0.1) is 0 Å². The van der Waals surface area contributed by atoms with Gasteiger partial charge in [-0.25, -0.2) is 4.79 Å². The molecule has 0 aromatic carbocycles. The van der Waals surface area contributed by atoms with E-state index in [2.05, 4.69) is 24.3 Å². The van der Waals surface area contributed by atoms with Gasteiger partial charge in [-0.3, -0.25) is 4.79 Å². The first-order valence-corrected chi connectivity index (χ1v) is 7.55. The van der Waals surface area contributed by atoms with E-state index >= 15 is 0 Å². The number of carboxylic acids is 1. The number of hydrogen-bond donors (Lipinski definition) is 2. The second-order valence-electron chi connectivity index (χ2n) is 5.67. The summed E-state index contributed by atoms with van der Waals surface area (Å²) in [6.07, 6.45) is 4.41. The molecule has 116 valence electrons. The van der Waals surface area contributed by atoms with E-state index in [-0.39, 0.29) is 11.7 Å². The standard InChI is InChI=1S/C15H22N2O4/c1-3-10(4-2)11-8-13(21-17-11)14(18)16-12(15(19)20)7-9-5-6-9/h8-10,12H,3-7H2,1-2H3,(H,16,18)(H,19,20). The van der Waals surface area contributed by atoms with Gasteiger partial charge < -0.3 is 14.9 Å². The van der Waals surface area contributed by atoms with Gasteiger partial charge in [-0.05, 0) is 25.2 Å². The molecule has 1 aliphatic rings. The fraction of sp³-hybridized carbons (Fsp3) is 0.667. The van der Waals surface area contributed by atoms with Crippen molar-refractivity contribution in [1.29, 1.82) is 0 Å². The molecule has 1 unspecified atom stereocenters. The van der Waals surface area contributed by atoms with Gasteiger partial charge in [-0.1, -0.05) is 31.8 Å². The number of hydrogen-bond acceptors (Lipinski definition) is 4. The molecule has 1 aromatic rings. The quantitative estimate of drug-likeness (QED) is 0.768. The minimum absolute atomic E-state index is 0.0824. The van der Waals surface area contributed by atoms with Crippen molar-refractivity contribution in [1.82, 2.24) is 10.5 Å². The third kappa shape index (κ3) is 4.06. The van der Waals surface area contributed by atoms with E-state index in [4.69, 9.17) is 9.63 Å². The van der Waals surface area contributed by atoms with E-state index in [0.717, 1.165) is 31.4 Å². The zero-order valence-electron chi connectivity index (χ0n) is 12.5. The molecule has 2 N–H and O–H groups in total. The van der Waals surface area contributed by atoms with Crippen LogP contribution in [0, 0.1) is 5.92 Å². The summed E-state index contributed by atoms with van der Waals surface area (Å²) in [5.41, 5.74) is 0.749. The monoisotopic (exact) mass is 294 g/mol. The second-order valence-corrected chi connectivity index (χ2v) is 5.67. The lowest BCUT2D eigenvalue weighted by Crippen LogP contribution is -2.41. The zero-order valence-corrected chi connectivity index (χ0v) is 12.5. The summed E-state index contributed by atoms with van der Waals surface area (Å²) in [5.74, 6) is -0.750. The predicted molar refractivity (Wildman–Crippen MR) is 76.1 cm³/mol. The molecule has 6 heteroatoms. The van der Waals surface area contributed by atoms with Gasteiger partial charge in [0.25, 0.3) is 5.91 Å². The third-order valence-electron chi connectivity index (χ3n) is 4.03. The van der Waals surface area contributed by atoms with Gasteiger partial charge in [-0.2, -0.15) is 0 Å². The van der Waals surface area contributed by atoms with Crippen LogP contribution in [-0.2, 0) is 4.79 Å². The molecule has 1 aliphatic carbocycles. The summed E-state index contributed by atoms with van der Waals surface area (Å²) in [4.78, 5) is 23.2. The van der Waals surface area contributed by atoms with Crippen molar-refractivity contribution in [3.63, 3.8) is 0 Å². The number of carbonyl (C=O) groups is 2. The Morgan fingerprint density at radius 1 is 1.43 bits per heavy atom. The van der Waals surface area contributed by atoms with Crippen molar-refractivity contribution in [2.24, 2.45) is 5.92 Å². The molecular weight excluding hydrogens is 272 g/mol. The molecule has 1 saturated carbocycles. The van der Waals surface area contributed by atoms with Crippen molar-refractivity contribution in [3.05, 3.63) is 17.5 Å². The highest BCUT2D eigenvalue weighted by atomic mass is 16.5. The van der Waals surface area contributed by atoms with Crippen LogP contribution in [0.4, 0.5) is 0 Å². The maximum Gasteiger partial charge on any atom is 0.326 e. The Morgan fingerprint density at radius 2 is 2.10 bits per heavy atom. The van der Waals surface area contributed by atoms with Gasteiger partial charge in [0.2, 0.25) is 5.76 Å². The Balaban J connectivity index is 1.99. The maximum absolute atomic E-state index is 12.1. The Kier molecular flexibility index (Phi) is 4.98. The average molecular weight is 294 g/mol. The van der Waals surface area contributed by atoms with Crippen LogP contribution in [0.1, 0.15) is 68.1 Å². The Morgan fingerprint density at radius 3 is 2.62 bits per heavy atom. The van der Waals surface area contributed by atoms with Gasteiger partial charge in [0, 0.05) is 12.0 Å². The normalized spacial score (nSPS) is 16.0. The lowest BCUT2D eigenvalue weighted by Gasteiger charge is -2.12. The first-order valence-electron chi connectivity index (χ1n) is 7.55. The van der Waals surface area contributed by atoms with Crippen LogP contribution in [0.3, 0.4) is 0 Å². The van der Waals surface area contributed by atoms with Gasteiger partial charge >= 0.3 is 5.97 Å². The minimum Gasteiger partial charge on any atom is -0.480 e. The number of carbonyl (C=O) groups excluding carboxylic acids is 1. The molecule has 0 saturated heterocycles. The van der Waals surface area contributed by atoms with E-state index in [1.807, 2.05) is 0 Å². The lowest BCUT2D eigenvalue weighted by molar-refractivity contribution is -0.139. The molecule has 0 radical (unpaired) electrons. The number of nitrogens with one attached hydrogen (secondary N) is 1. The summed E-state index contributed by atoms with van der Waals surface area (Å²) in [5, 5.41) is 15.6. The van der Waals surface area contributed by atoms with Crippen LogP contribution in [0.25, 0.3) is 0 Å². The van der Waals surface area contributed by atoms with E-state index in [9.17, 15) is 9.59 Å². The SMILES string of the molecule is CCC(CC)c1cc(C(=O)NC(CC2CC2)C(=O)O)on1. The molecular formula is C15H22N2O4. The highest BCUT2D eigenvalue weighted by molar-refractivity contribution is 5.94. The number of carboxylic acid groups (broad SMARTS) is 1. The third-order valence-corrected chi connectivity index (χ3v) is 4.03. The molecule has 1 amide bonds. The van der Waals surface area contributed by atoms with E-state index < -0.39 is 17.9 Å². The smallest absolute Gasteiger partial charge is 0.326 e. The summed E-state index contributed by atoms with van der Waals surface area (Å²) in [6.45, 7) is 4.11. The van der Waals surface area contributed by atoms with Crippen LogP contribution >= 0.6 is 0 Å². The fourth-order valence-corrected chi connectivity index (χ4v) is 2.43. The summed E-state index contributed by atoms with van der Waals surface area (Å²) < 4.78 is 5.06. The molecule has 1 fully saturated rings. The molecule has 1 heterocycles. The second kappa shape index (κ2) is 6.74. The highest BCUT2D eigenvalue weighted by Crippen LogP contribution is 2.33. The largest absolute Gasteiger partial charge is 0.480 e. The fourth-order valence-electron chi connectivity index (χ4n) is 2.43. The molecule has 1 atom stereocenters. The Labute approximate surface area is 123 Å². The van der Waals surface area contributed by atoms with E-state index in [1.165, 1.54) is 0 Å². The molecule has 21 heavy (non-hydrogen) atoms. The summed E-state index contributed by atoms with van der Waals surface area (Å²) >= 11 is 0. The predicted octanol–water partition coefficient (Wildman–Crippen LogP) is 2.56. The van der Waals surface area contributed by atoms with Crippen LogP contribution in [0.15, 0.2) is 10.6 Å². The number of amides is 1. The van der Waals surface area contributed by atoms with Crippen molar-refractivity contribution in [2.75, 3.05) is 0 Å². The average Bonchev–Trinajstić information content (AvgIpc) is 3.14. The topological polar surface area (TPSA) is 92.4 Å². The van der Waals surface area contributed by atoms with Crippen molar-refractivity contribution < 1.29 is 19.2 Å². The van der Waals surface area contributed by atoms with Gasteiger partial charge in [0.05, 0.1) is 5.69 Å². The molecule has 2 rings (SSSR count).